The van der Waals surface area contributed by atoms with E-state index in [1.54, 1.807) is 6.33 Å². The van der Waals surface area contributed by atoms with Crippen molar-refractivity contribution in [3.8, 4) is 0 Å². The SMILES string of the molecule is Nc1cc[n+](CC2CC2)cn1. The first kappa shape index (κ1) is 6.58. The number of hydrogen-bond acceptors (Lipinski definition) is 2. The fraction of sp³-hybridized carbons (Fsp3) is 0.500. The second-order valence-electron chi connectivity index (χ2n) is 3.13. The third-order valence-corrected chi connectivity index (χ3v) is 1.96. The maximum absolute atomic E-state index is 5.45. The predicted octanol–water partition coefficient (Wildman–Crippen LogP) is 0.361. The Bertz CT molecular complexity index is 238. The lowest BCUT2D eigenvalue weighted by atomic mass is 10.4. The normalized spacial score (nSPS) is 16.7. The molecule has 0 atom stereocenters. The molecule has 0 aromatic carbocycles. The van der Waals surface area contributed by atoms with E-state index in [4.69, 9.17) is 5.73 Å². The highest BCUT2D eigenvalue weighted by Gasteiger charge is 2.23. The number of nitrogens with zero attached hydrogens (tertiary/aromatic N) is 2. The van der Waals surface area contributed by atoms with Crippen LogP contribution in [-0.2, 0) is 6.54 Å². The Morgan fingerprint density at radius 2 is 2.45 bits per heavy atom. The van der Waals surface area contributed by atoms with E-state index in [2.05, 4.69) is 9.55 Å². The Labute approximate surface area is 65.9 Å². The van der Waals surface area contributed by atoms with Gasteiger partial charge in [0.1, 0.15) is 0 Å². The van der Waals surface area contributed by atoms with Crippen LogP contribution in [0.4, 0.5) is 5.82 Å². The number of anilines is 1. The first-order chi connectivity index (χ1) is 5.34. The highest BCUT2D eigenvalue weighted by Crippen LogP contribution is 2.28. The summed E-state index contributed by atoms with van der Waals surface area (Å²) in [4.78, 5) is 4.00. The lowest BCUT2D eigenvalue weighted by Gasteiger charge is -1.94. The molecular formula is C8H12N3+. The molecule has 1 aromatic heterocycles. The van der Waals surface area contributed by atoms with Crippen LogP contribution in [0.25, 0.3) is 0 Å². The molecule has 0 aliphatic heterocycles. The summed E-state index contributed by atoms with van der Waals surface area (Å²) in [5, 5.41) is 0. The van der Waals surface area contributed by atoms with Crippen molar-refractivity contribution >= 4 is 5.82 Å². The van der Waals surface area contributed by atoms with Gasteiger partial charge in [0.2, 0.25) is 5.82 Å². The van der Waals surface area contributed by atoms with Crippen molar-refractivity contribution in [2.75, 3.05) is 5.73 Å². The van der Waals surface area contributed by atoms with E-state index < -0.39 is 0 Å². The third-order valence-electron chi connectivity index (χ3n) is 1.96. The Kier molecular flexibility index (Phi) is 1.49. The molecule has 0 unspecified atom stereocenters. The van der Waals surface area contributed by atoms with Crippen LogP contribution in [0, 0.1) is 5.92 Å². The Balaban J connectivity index is 2.06. The monoisotopic (exact) mass is 150 g/mol. The lowest BCUT2D eigenvalue weighted by molar-refractivity contribution is -0.702. The molecule has 0 amide bonds. The zero-order valence-electron chi connectivity index (χ0n) is 6.40. The quantitative estimate of drug-likeness (QED) is 0.618. The predicted molar refractivity (Wildman–Crippen MR) is 41.6 cm³/mol. The minimum absolute atomic E-state index is 0.594. The van der Waals surface area contributed by atoms with Crippen molar-refractivity contribution in [2.45, 2.75) is 19.4 Å². The largest absolute Gasteiger partial charge is 0.363 e. The number of nitrogen functional groups attached to an aromatic ring is 1. The van der Waals surface area contributed by atoms with Crippen LogP contribution in [0.5, 0.6) is 0 Å². The standard InChI is InChI=1S/C8H11N3/c9-8-3-4-11(6-10-8)5-7-1-2-7/h3-4,6-7,9H,1-2,5H2/p+1. The highest BCUT2D eigenvalue weighted by atomic mass is 15.0. The van der Waals surface area contributed by atoms with Crippen LogP contribution in [0.15, 0.2) is 18.6 Å². The summed E-state index contributed by atoms with van der Waals surface area (Å²) in [6, 6.07) is 1.84. The van der Waals surface area contributed by atoms with Crippen LogP contribution in [-0.4, -0.2) is 4.98 Å². The van der Waals surface area contributed by atoms with Crippen molar-refractivity contribution in [1.82, 2.24) is 4.98 Å². The van der Waals surface area contributed by atoms with Gasteiger partial charge in [0.25, 0.3) is 6.33 Å². The summed E-state index contributed by atoms with van der Waals surface area (Å²) >= 11 is 0. The number of aromatic nitrogens is 2. The van der Waals surface area contributed by atoms with E-state index in [0.29, 0.717) is 5.82 Å². The molecule has 11 heavy (non-hydrogen) atoms. The fourth-order valence-corrected chi connectivity index (χ4v) is 1.10. The second kappa shape index (κ2) is 2.49. The molecule has 3 heteroatoms. The molecule has 0 radical (unpaired) electrons. The van der Waals surface area contributed by atoms with Gasteiger partial charge in [0.15, 0.2) is 0 Å². The van der Waals surface area contributed by atoms with Crippen molar-refractivity contribution in [3.63, 3.8) is 0 Å². The van der Waals surface area contributed by atoms with Crippen molar-refractivity contribution in [2.24, 2.45) is 5.92 Å². The zero-order chi connectivity index (χ0) is 7.68. The molecule has 2 N–H and O–H groups in total. The molecule has 0 saturated heterocycles. The summed E-state index contributed by atoms with van der Waals surface area (Å²) in [5.41, 5.74) is 5.45. The van der Waals surface area contributed by atoms with E-state index in [-0.39, 0.29) is 0 Å². The molecule has 2 rings (SSSR count). The summed E-state index contributed by atoms with van der Waals surface area (Å²) in [7, 11) is 0. The van der Waals surface area contributed by atoms with Crippen LogP contribution >= 0.6 is 0 Å². The number of rotatable bonds is 2. The van der Waals surface area contributed by atoms with E-state index in [1.807, 2.05) is 12.3 Å². The van der Waals surface area contributed by atoms with Gasteiger partial charge < -0.3 is 5.73 Å². The van der Waals surface area contributed by atoms with E-state index in [1.165, 1.54) is 12.8 Å². The van der Waals surface area contributed by atoms with Gasteiger partial charge in [-0.05, 0) is 23.7 Å². The van der Waals surface area contributed by atoms with Gasteiger partial charge in [0, 0.05) is 6.07 Å². The van der Waals surface area contributed by atoms with Gasteiger partial charge in [-0.25, -0.2) is 4.57 Å². The fourth-order valence-electron chi connectivity index (χ4n) is 1.10. The minimum Gasteiger partial charge on any atom is -0.363 e. The van der Waals surface area contributed by atoms with Crippen LogP contribution in [0.2, 0.25) is 0 Å². The molecular weight excluding hydrogens is 138 g/mol. The molecule has 3 nitrogen and oxygen atoms in total. The van der Waals surface area contributed by atoms with Gasteiger partial charge in [-0.15, -0.1) is 0 Å². The Morgan fingerprint density at radius 1 is 1.64 bits per heavy atom. The Morgan fingerprint density at radius 3 is 3.00 bits per heavy atom. The molecule has 0 spiro atoms. The third kappa shape index (κ3) is 1.67. The minimum atomic E-state index is 0.594. The molecule has 1 aromatic rings. The maximum Gasteiger partial charge on any atom is 0.288 e. The average molecular weight is 150 g/mol. The number of hydrogen-bond donors (Lipinski definition) is 1. The topological polar surface area (TPSA) is 42.8 Å². The summed E-state index contributed by atoms with van der Waals surface area (Å²) < 4.78 is 2.09. The van der Waals surface area contributed by atoms with Gasteiger partial charge in [-0.2, -0.15) is 0 Å². The molecule has 1 fully saturated rings. The summed E-state index contributed by atoms with van der Waals surface area (Å²) in [5.74, 6) is 1.49. The summed E-state index contributed by atoms with van der Waals surface area (Å²) in [6.07, 6.45) is 6.53. The molecule has 58 valence electrons. The second-order valence-corrected chi connectivity index (χ2v) is 3.13. The van der Waals surface area contributed by atoms with E-state index in [9.17, 15) is 0 Å². The molecule has 1 saturated carbocycles. The van der Waals surface area contributed by atoms with Crippen LogP contribution < -0.4 is 10.3 Å². The maximum atomic E-state index is 5.45. The lowest BCUT2D eigenvalue weighted by Crippen LogP contribution is -2.34. The Hall–Kier alpha value is -1.12. The van der Waals surface area contributed by atoms with Gasteiger partial charge in [-0.3, -0.25) is 0 Å². The van der Waals surface area contributed by atoms with Gasteiger partial charge in [0.05, 0.1) is 12.7 Å². The molecule has 1 heterocycles. The zero-order valence-corrected chi connectivity index (χ0v) is 6.40. The highest BCUT2D eigenvalue weighted by molar-refractivity contribution is 5.21. The van der Waals surface area contributed by atoms with Gasteiger partial charge in [-0.1, -0.05) is 0 Å². The molecule has 1 aliphatic rings. The first-order valence-electron chi connectivity index (χ1n) is 3.95. The van der Waals surface area contributed by atoms with Crippen molar-refractivity contribution in [1.29, 1.82) is 0 Å². The van der Waals surface area contributed by atoms with Crippen molar-refractivity contribution < 1.29 is 4.57 Å². The smallest absolute Gasteiger partial charge is 0.288 e. The van der Waals surface area contributed by atoms with E-state index >= 15 is 0 Å². The van der Waals surface area contributed by atoms with Crippen LogP contribution in [0.1, 0.15) is 12.8 Å². The van der Waals surface area contributed by atoms with Crippen molar-refractivity contribution in [3.05, 3.63) is 18.6 Å². The first-order valence-corrected chi connectivity index (χ1v) is 3.95. The number of nitrogens with two attached hydrogens (primary N) is 1. The van der Waals surface area contributed by atoms with Gasteiger partial charge >= 0.3 is 0 Å². The summed E-state index contributed by atoms with van der Waals surface area (Å²) in [6.45, 7) is 1.10. The van der Waals surface area contributed by atoms with Crippen LogP contribution in [0.3, 0.4) is 0 Å². The molecule has 0 bridgehead atoms. The molecule has 1 aliphatic carbocycles. The van der Waals surface area contributed by atoms with E-state index in [0.717, 1.165) is 12.5 Å². The average Bonchev–Trinajstić information content (AvgIpc) is 2.78.